The van der Waals surface area contributed by atoms with Crippen LogP contribution in [0.15, 0.2) is 45.6 Å². The highest BCUT2D eigenvalue weighted by Crippen LogP contribution is 2.34. The molecule has 150 valence electrons. The molecule has 0 spiro atoms. The molecule has 0 bridgehead atoms. The lowest BCUT2D eigenvalue weighted by atomic mass is 10.00. The van der Waals surface area contributed by atoms with Gasteiger partial charge >= 0.3 is 5.63 Å². The average molecular weight is 397 g/mol. The molecule has 1 aliphatic rings. The second kappa shape index (κ2) is 7.56. The van der Waals surface area contributed by atoms with Crippen molar-refractivity contribution in [3.63, 3.8) is 0 Å². The van der Waals surface area contributed by atoms with Crippen molar-refractivity contribution >= 4 is 16.7 Å². The van der Waals surface area contributed by atoms with Gasteiger partial charge in [-0.1, -0.05) is 13.8 Å². The normalized spacial score (nSPS) is 13.2. The van der Waals surface area contributed by atoms with Crippen molar-refractivity contribution < 1.29 is 23.6 Å². The van der Waals surface area contributed by atoms with Crippen molar-refractivity contribution in [3.05, 3.63) is 73.6 Å². The van der Waals surface area contributed by atoms with Crippen molar-refractivity contribution in [2.45, 2.75) is 33.0 Å². The van der Waals surface area contributed by atoms with Gasteiger partial charge in [-0.2, -0.15) is 0 Å². The summed E-state index contributed by atoms with van der Waals surface area (Å²) in [5, 5.41) is 12.1. The van der Waals surface area contributed by atoms with E-state index in [1.165, 1.54) is 18.2 Å². The minimum absolute atomic E-state index is 0.0532. The maximum Gasteiger partial charge on any atom is 0.336 e. The molecule has 0 fully saturated rings. The standard InChI is InChI=1S/C21H19NO7/c1-12(2)18-8-20(23)29-19-7-16(3-4-17(18)19)27-10-14-6-15(22(24)25)5-13-9-26-11-28-21(13)14/h3-8,12H,9-11H2,1-2H3. The molecule has 0 N–H and O–H groups in total. The molecule has 0 atom stereocenters. The van der Waals surface area contributed by atoms with Gasteiger partial charge in [0, 0.05) is 40.8 Å². The summed E-state index contributed by atoms with van der Waals surface area (Å²) in [7, 11) is 0. The molecule has 2 aromatic carbocycles. The number of ether oxygens (including phenoxy) is 3. The minimum atomic E-state index is -0.462. The third-order valence-corrected chi connectivity index (χ3v) is 4.75. The molecule has 0 aliphatic carbocycles. The van der Waals surface area contributed by atoms with Gasteiger partial charge in [0.15, 0.2) is 6.79 Å². The van der Waals surface area contributed by atoms with Crippen LogP contribution in [-0.4, -0.2) is 11.7 Å². The first-order valence-corrected chi connectivity index (χ1v) is 9.13. The molecule has 0 amide bonds. The monoisotopic (exact) mass is 397 g/mol. The fourth-order valence-corrected chi connectivity index (χ4v) is 3.39. The zero-order valence-electron chi connectivity index (χ0n) is 16.0. The summed E-state index contributed by atoms with van der Waals surface area (Å²) < 4.78 is 21.9. The molecule has 1 aromatic heterocycles. The number of nitro benzene ring substituents is 1. The van der Waals surface area contributed by atoms with E-state index in [1.807, 2.05) is 19.9 Å². The van der Waals surface area contributed by atoms with Crippen LogP contribution in [0.2, 0.25) is 0 Å². The fraction of sp³-hybridized carbons (Fsp3) is 0.286. The summed E-state index contributed by atoms with van der Waals surface area (Å²) in [5.74, 6) is 1.19. The van der Waals surface area contributed by atoms with E-state index in [0.717, 1.165) is 10.9 Å². The third kappa shape index (κ3) is 3.79. The summed E-state index contributed by atoms with van der Waals surface area (Å²) in [6.45, 7) is 4.39. The van der Waals surface area contributed by atoms with Crippen LogP contribution in [-0.2, 0) is 18.0 Å². The molecule has 0 unspecified atom stereocenters. The molecule has 2 heterocycles. The molecule has 3 aromatic rings. The van der Waals surface area contributed by atoms with Crippen molar-refractivity contribution in [1.82, 2.24) is 0 Å². The van der Waals surface area contributed by atoms with Crippen LogP contribution in [0.25, 0.3) is 11.0 Å². The lowest BCUT2D eigenvalue weighted by Crippen LogP contribution is -2.14. The van der Waals surface area contributed by atoms with E-state index in [0.29, 0.717) is 28.2 Å². The number of nitrogens with zero attached hydrogens (tertiary/aromatic N) is 1. The largest absolute Gasteiger partial charge is 0.489 e. The first kappa shape index (κ1) is 18.9. The van der Waals surface area contributed by atoms with Crippen LogP contribution in [0.1, 0.15) is 36.5 Å². The van der Waals surface area contributed by atoms with Crippen LogP contribution in [0, 0.1) is 10.1 Å². The Hall–Kier alpha value is -3.39. The summed E-state index contributed by atoms with van der Waals surface area (Å²) >= 11 is 0. The fourth-order valence-electron chi connectivity index (χ4n) is 3.39. The van der Waals surface area contributed by atoms with E-state index in [-0.39, 0.29) is 31.6 Å². The van der Waals surface area contributed by atoms with Gasteiger partial charge in [0.1, 0.15) is 23.7 Å². The number of non-ortho nitro benzene ring substituents is 1. The van der Waals surface area contributed by atoms with Gasteiger partial charge in [-0.3, -0.25) is 10.1 Å². The Balaban J connectivity index is 1.66. The predicted molar refractivity (Wildman–Crippen MR) is 104 cm³/mol. The minimum Gasteiger partial charge on any atom is -0.489 e. The van der Waals surface area contributed by atoms with E-state index in [9.17, 15) is 14.9 Å². The van der Waals surface area contributed by atoms with Crippen molar-refractivity contribution in [3.8, 4) is 11.5 Å². The van der Waals surface area contributed by atoms with E-state index in [1.54, 1.807) is 12.1 Å². The van der Waals surface area contributed by atoms with E-state index in [2.05, 4.69) is 0 Å². The number of nitro groups is 1. The highest BCUT2D eigenvalue weighted by molar-refractivity contribution is 5.82. The Labute approximate surface area is 165 Å². The van der Waals surface area contributed by atoms with Gasteiger partial charge in [-0.15, -0.1) is 0 Å². The quantitative estimate of drug-likeness (QED) is 0.360. The predicted octanol–water partition coefficient (Wildman–Crippen LogP) is 4.27. The summed E-state index contributed by atoms with van der Waals surface area (Å²) in [5.41, 5.74) is 2.03. The molecule has 8 nitrogen and oxygen atoms in total. The van der Waals surface area contributed by atoms with Gasteiger partial charge < -0.3 is 18.6 Å². The third-order valence-electron chi connectivity index (χ3n) is 4.75. The lowest BCUT2D eigenvalue weighted by Gasteiger charge is -2.20. The van der Waals surface area contributed by atoms with Gasteiger partial charge in [0.05, 0.1) is 11.5 Å². The van der Waals surface area contributed by atoms with Gasteiger partial charge in [-0.25, -0.2) is 4.79 Å². The first-order chi connectivity index (χ1) is 13.9. The molecule has 0 saturated heterocycles. The van der Waals surface area contributed by atoms with Crippen molar-refractivity contribution in [2.24, 2.45) is 0 Å². The number of benzene rings is 2. The molecular weight excluding hydrogens is 378 g/mol. The summed E-state index contributed by atoms with van der Waals surface area (Å²) in [4.78, 5) is 22.6. The number of hydrogen-bond acceptors (Lipinski definition) is 7. The Bertz CT molecular complexity index is 1150. The second-order valence-electron chi connectivity index (χ2n) is 7.08. The zero-order valence-corrected chi connectivity index (χ0v) is 16.0. The zero-order chi connectivity index (χ0) is 20.5. The second-order valence-corrected chi connectivity index (χ2v) is 7.08. The highest BCUT2D eigenvalue weighted by Gasteiger charge is 2.21. The highest BCUT2D eigenvalue weighted by atomic mass is 16.7. The molecule has 4 rings (SSSR count). The van der Waals surface area contributed by atoms with E-state index < -0.39 is 10.5 Å². The van der Waals surface area contributed by atoms with Crippen LogP contribution >= 0.6 is 0 Å². The van der Waals surface area contributed by atoms with Gasteiger partial charge in [0.25, 0.3) is 5.69 Å². The summed E-state index contributed by atoms with van der Waals surface area (Å²) in [6, 6.07) is 9.65. The Morgan fingerprint density at radius 1 is 1.21 bits per heavy atom. The average Bonchev–Trinajstić information content (AvgIpc) is 2.70. The van der Waals surface area contributed by atoms with Crippen molar-refractivity contribution in [1.29, 1.82) is 0 Å². The molecule has 1 aliphatic heterocycles. The van der Waals surface area contributed by atoms with Gasteiger partial charge in [0.2, 0.25) is 0 Å². The molecule has 0 saturated carbocycles. The van der Waals surface area contributed by atoms with E-state index >= 15 is 0 Å². The van der Waals surface area contributed by atoms with Crippen LogP contribution < -0.4 is 15.1 Å². The molecule has 0 radical (unpaired) electrons. The Morgan fingerprint density at radius 3 is 2.79 bits per heavy atom. The molecular formula is C21H19NO7. The maximum atomic E-state index is 11.9. The number of fused-ring (bicyclic) bond motifs is 2. The molecule has 29 heavy (non-hydrogen) atoms. The first-order valence-electron chi connectivity index (χ1n) is 9.13. The SMILES string of the molecule is CC(C)c1cc(=O)oc2cc(OCc3cc([N+](=O)[O-])cc4c3OCOC4)ccc12. The van der Waals surface area contributed by atoms with Gasteiger partial charge in [-0.05, 0) is 23.6 Å². The van der Waals surface area contributed by atoms with E-state index in [4.69, 9.17) is 18.6 Å². The number of rotatable bonds is 5. The topological polar surface area (TPSA) is 101 Å². The van der Waals surface area contributed by atoms with Crippen LogP contribution in [0.3, 0.4) is 0 Å². The van der Waals surface area contributed by atoms with Crippen molar-refractivity contribution in [2.75, 3.05) is 6.79 Å². The Morgan fingerprint density at radius 2 is 2.03 bits per heavy atom. The lowest BCUT2D eigenvalue weighted by molar-refractivity contribution is -0.385. The van der Waals surface area contributed by atoms with Crippen LogP contribution in [0.5, 0.6) is 11.5 Å². The van der Waals surface area contributed by atoms with Crippen LogP contribution in [0.4, 0.5) is 5.69 Å². The molecule has 8 heteroatoms. The maximum absolute atomic E-state index is 11.9. The smallest absolute Gasteiger partial charge is 0.336 e. The Kier molecular flexibility index (Phi) is 4.94. The summed E-state index contributed by atoms with van der Waals surface area (Å²) in [6.07, 6.45) is 0. The number of hydrogen-bond donors (Lipinski definition) is 0.